The smallest absolute Gasteiger partial charge is 0.128 e. The molecule has 0 spiro atoms. The second-order valence-electron chi connectivity index (χ2n) is 5.60. The number of nitrogens with one attached hydrogen (secondary N) is 1. The summed E-state index contributed by atoms with van der Waals surface area (Å²) in [7, 11) is 2.07. The predicted molar refractivity (Wildman–Crippen MR) is 78.3 cm³/mol. The molecule has 0 aromatic carbocycles. The van der Waals surface area contributed by atoms with E-state index in [0.717, 1.165) is 31.7 Å². The fraction of sp³-hybridized carbons (Fsp3) is 0.667. The van der Waals surface area contributed by atoms with Gasteiger partial charge in [0.05, 0.1) is 6.10 Å². The van der Waals surface area contributed by atoms with Crippen LogP contribution < -0.4 is 10.2 Å². The zero-order chi connectivity index (χ0) is 13.8. The molecule has 0 saturated heterocycles. The summed E-state index contributed by atoms with van der Waals surface area (Å²) in [5.74, 6) is 1.62. The summed E-state index contributed by atoms with van der Waals surface area (Å²) >= 11 is 0. The highest BCUT2D eigenvalue weighted by molar-refractivity contribution is 5.39. The summed E-state index contributed by atoms with van der Waals surface area (Å²) in [4.78, 5) is 6.71. The lowest BCUT2D eigenvalue weighted by Gasteiger charge is -2.34. The highest BCUT2D eigenvalue weighted by Gasteiger charge is 2.28. The van der Waals surface area contributed by atoms with Crippen LogP contribution in [-0.4, -0.2) is 36.3 Å². The fourth-order valence-corrected chi connectivity index (χ4v) is 2.63. The monoisotopic (exact) mass is 263 g/mol. The number of anilines is 1. The molecule has 0 aliphatic heterocycles. The lowest BCUT2D eigenvalue weighted by molar-refractivity contribution is 0.0464. The van der Waals surface area contributed by atoms with Gasteiger partial charge in [-0.2, -0.15) is 0 Å². The number of aliphatic hydroxyl groups is 1. The van der Waals surface area contributed by atoms with Crippen LogP contribution in [0.25, 0.3) is 0 Å². The Balaban J connectivity index is 1.90. The van der Waals surface area contributed by atoms with E-state index >= 15 is 0 Å². The van der Waals surface area contributed by atoms with Gasteiger partial charge in [-0.05, 0) is 43.9 Å². The average Bonchev–Trinajstić information content (AvgIpc) is 2.37. The Bertz CT molecular complexity index is 387. The number of hydrogen-bond donors (Lipinski definition) is 2. The third-order valence-electron chi connectivity index (χ3n) is 3.92. The van der Waals surface area contributed by atoms with Gasteiger partial charge >= 0.3 is 0 Å². The Labute approximate surface area is 115 Å². The van der Waals surface area contributed by atoms with Gasteiger partial charge in [0.25, 0.3) is 0 Å². The van der Waals surface area contributed by atoms with Gasteiger partial charge in [0.2, 0.25) is 0 Å². The van der Waals surface area contributed by atoms with E-state index in [1.165, 1.54) is 5.56 Å². The predicted octanol–water partition coefficient (Wildman–Crippen LogP) is 1.96. The van der Waals surface area contributed by atoms with Crippen LogP contribution in [0, 0.1) is 5.92 Å². The van der Waals surface area contributed by atoms with Crippen molar-refractivity contribution in [2.75, 3.05) is 25.0 Å². The molecule has 1 unspecified atom stereocenters. The van der Waals surface area contributed by atoms with Gasteiger partial charge in [-0.3, -0.25) is 0 Å². The normalized spacial score (nSPS) is 23.8. The Morgan fingerprint density at radius 3 is 2.74 bits per heavy atom. The maximum absolute atomic E-state index is 9.31. The molecule has 1 aromatic heterocycles. The quantitative estimate of drug-likeness (QED) is 0.823. The molecule has 0 amide bonds. The number of pyridine rings is 1. The van der Waals surface area contributed by atoms with Crippen molar-refractivity contribution in [2.24, 2.45) is 5.92 Å². The molecule has 4 heteroatoms. The minimum absolute atomic E-state index is 0.0743. The van der Waals surface area contributed by atoms with Crippen molar-refractivity contribution in [2.45, 2.75) is 38.8 Å². The molecular weight excluding hydrogens is 238 g/mol. The second kappa shape index (κ2) is 6.35. The first kappa shape index (κ1) is 14.3. The average molecular weight is 263 g/mol. The second-order valence-corrected chi connectivity index (χ2v) is 5.60. The summed E-state index contributed by atoms with van der Waals surface area (Å²) in [6.07, 6.45) is 3.74. The molecule has 0 radical (unpaired) electrons. The van der Waals surface area contributed by atoms with Crippen LogP contribution in [0.1, 0.15) is 38.3 Å². The van der Waals surface area contributed by atoms with E-state index in [1.807, 2.05) is 6.20 Å². The summed E-state index contributed by atoms with van der Waals surface area (Å²) in [6, 6.07) is 4.57. The highest BCUT2D eigenvalue weighted by atomic mass is 16.3. The van der Waals surface area contributed by atoms with E-state index in [-0.39, 0.29) is 6.10 Å². The van der Waals surface area contributed by atoms with E-state index in [1.54, 1.807) is 0 Å². The molecule has 2 N–H and O–H groups in total. The Hall–Kier alpha value is -1.13. The molecule has 2 rings (SSSR count). The largest absolute Gasteiger partial charge is 0.393 e. The zero-order valence-electron chi connectivity index (χ0n) is 12.1. The van der Waals surface area contributed by atoms with Crippen molar-refractivity contribution in [3.05, 3.63) is 23.9 Å². The van der Waals surface area contributed by atoms with Crippen molar-refractivity contribution in [1.29, 1.82) is 0 Å². The zero-order valence-corrected chi connectivity index (χ0v) is 12.1. The van der Waals surface area contributed by atoms with E-state index in [9.17, 15) is 5.11 Å². The van der Waals surface area contributed by atoms with Gasteiger partial charge in [-0.1, -0.05) is 13.0 Å². The SMILES string of the molecule is CCNC(C)c1ccc(N(C)CC2CC(O)C2)nc1. The molecule has 0 bridgehead atoms. The Kier molecular flexibility index (Phi) is 4.77. The minimum Gasteiger partial charge on any atom is -0.393 e. The molecule has 106 valence electrons. The summed E-state index contributed by atoms with van der Waals surface area (Å²) in [6.45, 7) is 6.21. The van der Waals surface area contributed by atoms with E-state index in [2.05, 4.69) is 48.2 Å². The van der Waals surface area contributed by atoms with Crippen LogP contribution in [0.2, 0.25) is 0 Å². The molecule has 1 fully saturated rings. The van der Waals surface area contributed by atoms with Crippen LogP contribution >= 0.6 is 0 Å². The number of aromatic nitrogens is 1. The van der Waals surface area contributed by atoms with Gasteiger partial charge in [0, 0.05) is 25.8 Å². The molecule has 19 heavy (non-hydrogen) atoms. The molecular formula is C15H25N3O. The van der Waals surface area contributed by atoms with Crippen LogP contribution in [0.3, 0.4) is 0 Å². The Morgan fingerprint density at radius 2 is 2.21 bits per heavy atom. The van der Waals surface area contributed by atoms with E-state index in [4.69, 9.17) is 0 Å². The molecule has 1 aliphatic rings. The van der Waals surface area contributed by atoms with Crippen molar-refractivity contribution < 1.29 is 5.11 Å². The lowest BCUT2D eigenvalue weighted by atomic mass is 9.82. The number of nitrogens with zero attached hydrogens (tertiary/aromatic N) is 2. The highest BCUT2D eigenvalue weighted by Crippen LogP contribution is 2.28. The van der Waals surface area contributed by atoms with E-state index in [0.29, 0.717) is 12.0 Å². The molecule has 1 saturated carbocycles. The van der Waals surface area contributed by atoms with Crippen LogP contribution in [0.5, 0.6) is 0 Å². The first-order valence-electron chi connectivity index (χ1n) is 7.18. The lowest BCUT2D eigenvalue weighted by Crippen LogP contribution is -2.37. The third-order valence-corrected chi connectivity index (χ3v) is 3.92. The molecule has 1 heterocycles. The third kappa shape index (κ3) is 3.67. The summed E-state index contributed by atoms with van der Waals surface area (Å²) < 4.78 is 0. The molecule has 1 aliphatic carbocycles. The van der Waals surface area contributed by atoms with Gasteiger partial charge in [0.1, 0.15) is 5.82 Å². The molecule has 1 aromatic rings. The number of aliphatic hydroxyl groups excluding tert-OH is 1. The molecule has 4 nitrogen and oxygen atoms in total. The van der Waals surface area contributed by atoms with Crippen LogP contribution in [0.15, 0.2) is 18.3 Å². The fourth-order valence-electron chi connectivity index (χ4n) is 2.63. The number of hydrogen-bond acceptors (Lipinski definition) is 4. The summed E-state index contributed by atoms with van der Waals surface area (Å²) in [5.41, 5.74) is 1.22. The van der Waals surface area contributed by atoms with Crippen molar-refractivity contribution in [3.8, 4) is 0 Å². The van der Waals surface area contributed by atoms with Gasteiger partial charge in [0.15, 0.2) is 0 Å². The summed E-state index contributed by atoms with van der Waals surface area (Å²) in [5, 5.41) is 12.7. The van der Waals surface area contributed by atoms with E-state index < -0.39 is 0 Å². The topological polar surface area (TPSA) is 48.4 Å². The maximum Gasteiger partial charge on any atom is 0.128 e. The first-order valence-corrected chi connectivity index (χ1v) is 7.18. The standard InChI is InChI=1S/C15H25N3O/c1-4-16-11(2)13-5-6-15(17-9-13)18(3)10-12-7-14(19)8-12/h5-6,9,11-12,14,16,19H,4,7-8,10H2,1-3H3. The Morgan fingerprint density at radius 1 is 1.47 bits per heavy atom. The van der Waals surface area contributed by atoms with Gasteiger partial charge in [-0.25, -0.2) is 4.98 Å². The van der Waals surface area contributed by atoms with Crippen molar-refractivity contribution in [3.63, 3.8) is 0 Å². The molecule has 1 atom stereocenters. The first-order chi connectivity index (χ1) is 9.10. The van der Waals surface area contributed by atoms with Gasteiger partial charge < -0.3 is 15.3 Å². The minimum atomic E-state index is -0.0743. The number of rotatable bonds is 6. The van der Waals surface area contributed by atoms with Crippen LogP contribution in [0.4, 0.5) is 5.82 Å². The van der Waals surface area contributed by atoms with Gasteiger partial charge in [-0.15, -0.1) is 0 Å². The van der Waals surface area contributed by atoms with Crippen LogP contribution in [-0.2, 0) is 0 Å². The van der Waals surface area contributed by atoms with Crippen molar-refractivity contribution >= 4 is 5.82 Å². The maximum atomic E-state index is 9.31. The van der Waals surface area contributed by atoms with Crippen molar-refractivity contribution in [1.82, 2.24) is 10.3 Å².